The number of rotatable bonds is 7. The predicted octanol–water partition coefficient (Wildman–Crippen LogP) is 1.03. The van der Waals surface area contributed by atoms with Crippen LogP contribution in [0.15, 0.2) is 12.3 Å². The highest BCUT2D eigenvalue weighted by Crippen LogP contribution is 2.33. The molecule has 0 rings (SSSR count). The lowest BCUT2D eigenvalue weighted by atomic mass is 10.6. The van der Waals surface area contributed by atoms with Gasteiger partial charge in [0.05, 0.1) is 19.5 Å². The highest BCUT2D eigenvalue weighted by atomic mass is 31.2. The third kappa shape index (κ3) is 9.77. The number of hydrogen-bond acceptors (Lipinski definition) is 4. The third-order valence-corrected chi connectivity index (χ3v) is 2.19. The Bertz CT molecular complexity index is 141. The second-order valence-corrected chi connectivity index (χ2v) is 4.08. The summed E-state index contributed by atoms with van der Waals surface area (Å²) in [7, 11) is 3.14. The molecule has 78 valence electrons. The summed E-state index contributed by atoms with van der Waals surface area (Å²) in [4.78, 5) is 2.05. The van der Waals surface area contributed by atoms with Gasteiger partial charge in [0, 0.05) is 13.2 Å². The number of hydrogen-bond donors (Lipinski definition) is 1. The van der Waals surface area contributed by atoms with Crippen LogP contribution >= 0.6 is 8.38 Å². The van der Waals surface area contributed by atoms with Crippen molar-refractivity contribution >= 4 is 8.38 Å². The third-order valence-electron chi connectivity index (χ3n) is 1.22. The first-order valence-electron chi connectivity index (χ1n) is 4.11. The Kier molecular flexibility index (Phi) is 8.35. The van der Waals surface area contributed by atoms with Crippen molar-refractivity contribution in [2.75, 3.05) is 40.5 Å². The van der Waals surface area contributed by atoms with Crippen molar-refractivity contribution in [2.45, 2.75) is 0 Å². The Hall–Kier alpha value is -0.150. The van der Waals surface area contributed by atoms with E-state index >= 15 is 0 Å². The molecule has 0 aromatic carbocycles. The van der Waals surface area contributed by atoms with Crippen molar-refractivity contribution < 1.29 is 14.2 Å². The van der Waals surface area contributed by atoms with Gasteiger partial charge < -0.3 is 19.1 Å². The Labute approximate surface area is 81.1 Å². The molecule has 1 N–H and O–H groups in total. The summed E-state index contributed by atoms with van der Waals surface area (Å²) in [6.07, 6.45) is 3.01. The van der Waals surface area contributed by atoms with Crippen LogP contribution < -0.4 is 0 Å². The van der Waals surface area contributed by atoms with Gasteiger partial charge >= 0.3 is 0 Å². The maximum atomic E-state index is 8.42. The van der Waals surface area contributed by atoms with Crippen LogP contribution in [0.2, 0.25) is 0 Å². The summed E-state index contributed by atoms with van der Waals surface area (Å²) in [6.45, 7) is 3.44. The largest absolute Gasteiger partial charge is 0.455 e. The molecule has 0 aliphatic rings. The van der Waals surface area contributed by atoms with E-state index in [9.17, 15) is 0 Å². The summed E-state index contributed by atoms with van der Waals surface area (Å²) in [6, 6.07) is 0. The zero-order valence-electron chi connectivity index (χ0n) is 8.43. The van der Waals surface area contributed by atoms with Crippen LogP contribution in [0, 0.1) is 0 Å². The van der Waals surface area contributed by atoms with Crippen molar-refractivity contribution in [3.05, 3.63) is 12.3 Å². The lowest BCUT2D eigenvalue weighted by molar-refractivity contribution is 0.256. The monoisotopic (exact) mass is 207 g/mol. The van der Waals surface area contributed by atoms with Crippen LogP contribution in [0.3, 0.4) is 0 Å². The Morgan fingerprint density at radius 3 is 2.69 bits per heavy atom. The Morgan fingerprint density at radius 2 is 2.15 bits per heavy atom. The molecule has 1 unspecified atom stereocenters. The summed E-state index contributed by atoms with van der Waals surface area (Å²) in [5.41, 5.74) is 0. The van der Waals surface area contributed by atoms with Crippen LogP contribution in [0.25, 0.3) is 0 Å². The van der Waals surface area contributed by atoms with E-state index < -0.39 is 8.38 Å². The van der Waals surface area contributed by atoms with E-state index in [-0.39, 0.29) is 6.61 Å². The zero-order chi connectivity index (χ0) is 10.1. The van der Waals surface area contributed by atoms with Crippen molar-refractivity contribution in [2.24, 2.45) is 0 Å². The van der Waals surface area contributed by atoms with Gasteiger partial charge in [-0.25, -0.2) is 0 Å². The lowest BCUT2D eigenvalue weighted by Gasteiger charge is -2.13. The van der Waals surface area contributed by atoms with Gasteiger partial charge in [-0.3, -0.25) is 0 Å². The molecule has 0 fully saturated rings. The van der Waals surface area contributed by atoms with Gasteiger partial charge in [-0.05, 0) is 20.2 Å². The molecule has 0 bridgehead atoms. The normalized spacial score (nSPS) is 13.9. The van der Waals surface area contributed by atoms with Crippen molar-refractivity contribution in [1.82, 2.24) is 4.90 Å². The van der Waals surface area contributed by atoms with Crippen molar-refractivity contribution in [1.29, 1.82) is 0 Å². The van der Waals surface area contributed by atoms with Crippen LogP contribution in [-0.2, 0) is 9.05 Å². The molecule has 13 heavy (non-hydrogen) atoms. The number of likely N-dealkylation sites (N-methyl/N-ethyl adjacent to an activating group) is 1. The lowest BCUT2D eigenvalue weighted by Crippen LogP contribution is -2.16. The fourth-order valence-corrected chi connectivity index (χ4v) is 1.21. The zero-order valence-corrected chi connectivity index (χ0v) is 9.33. The molecule has 4 nitrogen and oxygen atoms in total. The molecule has 0 heterocycles. The van der Waals surface area contributed by atoms with Crippen LogP contribution in [-0.4, -0.2) is 50.5 Å². The molecule has 1 atom stereocenters. The molecule has 0 saturated carbocycles. The number of aliphatic hydroxyl groups is 1. The summed E-state index contributed by atoms with van der Waals surface area (Å²) >= 11 is 0. The molecule has 0 aliphatic heterocycles. The van der Waals surface area contributed by atoms with Crippen LogP contribution in [0.1, 0.15) is 0 Å². The topological polar surface area (TPSA) is 41.9 Å². The fraction of sp³-hybridized carbons (Fsp3) is 0.750. The van der Waals surface area contributed by atoms with E-state index in [0.29, 0.717) is 6.61 Å². The average Bonchev–Trinajstić information content (AvgIpc) is 2.04. The molecule has 0 aliphatic carbocycles. The van der Waals surface area contributed by atoms with Gasteiger partial charge in [-0.2, -0.15) is 0 Å². The number of nitrogens with zero attached hydrogens (tertiary/aromatic N) is 1. The molecule has 0 amide bonds. The minimum Gasteiger partial charge on any atom is -0.455 e. The standard InChI is InChI=1S/C8H18NO3P/c1-9(2)5-8-12-13(3)11-7-4-6-10/h4,7,10H,5-6,8H2,1-3H3/b7-4+. The molecular formula is C8H18NO3P. The van der Waals surface area contributed by atoms with Gasteiger partial charge in [0.1, 0.15) is 0 Å². The molecule has 0 aromatic rings. The summed E-state index contributed by atoms with van der Waals surface area (Å²) in [5.74, 6) is 0. The Morgan fingerprint density at radius 1 is 1.46 bits per heavy atom. The van der Waals surface area contributed by atoms with E-state index in [1.807, 2.05) is 25.7 Å². The van der Waals surface area contributed by atoms with Crippen molar-refractivity contribution in [3.8, 4) is 0 Å². The second kappa shape index (κ2) is 8.45. The summed E-state index contributed by atoms with van der Waals surface area (Å²) < 4.78 is 10.5. The SMILES string of the molecule is CN(C)CCOP(C)O/C=C/CO. The molecule has 0 aromatic heterocycles. The first kappa shape index (κ1) is 12.8. The number of aliphatic hydroxyl groups excluding tert-OH is 1. The summed E-state index contributed by atoms with van der Waals surface area (Å²) in [5, 5.41) is 8.42. The van der Waals surface area contributed by atoms with E-state index in [1.165, 1.54) is 12.3 Å². The average molecular weight is 207 g/mol. The quantitative estimate of drug-likeness (QED) is 0.500. The molecule has 5 heteroatoms. The first-order chi connectivity index (χ1) is 6.16. The van der Waals surface area contributed by atoms with Gasteiger partial charge in [0.15, 0.2) is 0 Å². The minimum absolute atomic E-state index is 0.000864. The van der Waals surface area contributed by atoms with Crippen LogP contribution in [0.4, 0.5) is 0 Å². The fourth-order valence-electron chi connectivity index (χ4n) is 0.554. The van der Waals surface area contributed by atoms with Gasteiger partial charge in [-0.15, -0.1) is 0 Å². The van der Waals surface area contributed by atoms with Gasteiger partial charge in [0.25, 0.3) is 0 Å². The van der Waals surface area contributed by atoms with E-state index in [4.69, 9.17) is 14.2 Å². The highest BCUT2D eigenvalue weighted by molar-refractivity contribution is 7.46. The molecular weight excluding hydrogens is 189 g/mol. The van der Waals surface area contributed by atoms with Gasteiger partial charge in [0.2, 0.25) is 8.38 Å². The van der Waals surface area contributed by atoms with Crippen LogP contribution in [0.5, 0.6) is 0 Å². The highest BCUT2D eigenvalue weighted by Gasteiger charge is 2.00. The smallest absolute Gasteiger partial charge is 0.225 e. The second-order valence-electron chi connectivity index (χ2n) is 2.74. The molecule has 0 spiro atoms. The van der Waals surface area contributed by atoms with E-state index in [1.54, 1.807) is 0 Å². The van der Waals surface area contributed by atoms with E-state index in [2.05, 4.69) is 0 Å². The minimum atomic E-state index is -0.847. The maximum Gasteiger partial charge on any atom is 0.225 e. The Balaban J connectivity index is 3.29. The maximum absolute atomic E-state index is 8.42. The molecule has 0 saturated heterocycles. The van der Waals surface area contributed by atoms with E-state index in [0.717, 1.165) is 6.54 Å². The first-order valence-corrected chi connectivity index (χ1v) is 5.73. The molecule has 0 radical (unpaired) electrons. The van der Waals surface area contributed by atoms with Gasteiger partial charge in [-0.1, -0.05) is 0 Å². The predicted molar refractivity (Wildman–Crippen MR) is 54.7 cm³/mol. The van der Waals surface area contributed by atoms with Crippen molar-refractivity contribution in [3.63, 3.8) is 0 Å².